The summed E-state index contributed by atoms with van der Waals surface area (Å²) >= 11 is 0. The Morgan fingerprint density at radius 3 is 2.52 bits per heavy atom. The molecule has 0 heterocycles. The molecule has 0 saturated heterocycles. The molecule has 0 amide bonds. The zero-order valence-electron chi connectivity index (χ0n) is 16.5. The van der Waals surface area contributed by atoms with E-state index in [0.717, 1.165) is 36.0 Å². The predicted octanol–water partition coefficient (Wildman–Crippen LogP) is 5.72. The number of nitrogens with zero attached hydrogens (tertiary/aromatic N) is 1. The first-order chi connectivity index (χ1) is 14.2. The van der Waals surface area contributed by atoms with Crippen molar-refractivity contribution < 1.29 is 18.3 Å². The Morgan fingerprint density at radius 2 is 1.84 bits per heavy atom. The van der Waals surface area contributed by atoms with E-state index >= 15 is 0 Å². The first-order valence-electron chi connectivity index (χ1n) is 10.1. The minimum atomic E-state index is -4.61. The zero-order chi connectivity index (χ0) is 21.4. The highest BCUT2D eigenvalue weighted by molar-refractivity contribution is 5.46. The number of rotatable bonds is 2. The van der Waals surface area contributed by atoms with Crippen molar-refractivity contribution in [3.05, 3.63) is 70.8 Å². The van der Waals surface area contributed by atoms with Crippen LogP contribution in [0.3, 0.4) is 0 Å². The van der Waals surface area contributed by atoms with Crippen LogP contribution in [0.25, 0.3) is 0 Å². The lowest BCUT2D eigenvalue weighted by molar-refractivity contribution is -0.0712. The fraction of sp³-hybridized carbons (Fsp3) is 0.423. The first kappa shape index (κ1) is 22.9. The molecule has 5 heteroatoms. The minimum absolute atomic E-state index is 0. The van der Waals surface area contributed by atoms with Gasteiger partial charge in [-0.1, -0.05) is 49.7 Å². The monoisotopic (exact) mass is 425 g/mol. The molecule has 0 aliphatic heterocycles. The highest BCUT2D eigenvalue weighted by Gasteiger charge is 2.51. The van der Waals surface area contributed by atoms with Crippen molar-refractivity contribution in [2.24, 2.45) is 5.92 Å². The predicted molar refractivity (Wildman–Crippen MR) is 114 cm³/mol. The molecule has 2 aliphatic rings. The molecule has 2 aromatic rings. The summed E-state index contributed by atoms with van der Waals surface area (Å²) in [5.74, 6) is 3.43. The number of hydrogen-bond acceptors (Lipinski definition) is 2. The molecular weight excluding hydrogens is 399 g/mol. The number of halogens is 3. The molecule has 1 saturated carbocycles. The molecule has 2 aromatic carbocycles. The van der Waals surface area contributed by atoms with Crippen LogP contribution in [0.15, 0.2) is 48.5 Å². The summed E-state index contributed by atoms with van der Waals surface area (Å²) in [6.07, 6.45) is -1.39. The second-order valence-corrected chi connectivity index (χ2v) is 8.52. The topological polar surface area (TPSA) is 44.0 Å². The highest BCUT2D eigenvalue weighted by atomic mass is 19.4. The molecule has 3 atom stereocenters. The number of nitriles is 1. The van der Waals surface area contributed by atoms with Crippen molar-refractivity contribution in [3.63, 3.8) is 0 Å². The van der Waals surface area contributed by atoms with Crippen molar-refractivity contribution in [1.82, 2.24) is 0 Å². The van der Waals surface area contributed by atoms with Crippen molar-refractivity contribution in [2.45, 2.75) is 63.1 Å². The van der Waals surface area contributed by atoms with E-state index in [9.17, 15) is 23.5 Å². The number of benzene rings is 2. The van der Waals surface area contributed by atoms with Gasteiger partial charge in [-0.3, -0.25) is 0 Å². The van der Waals surface area contributed by atoms with Gasteiger partial charge in [-0.05, 0) is 73.3 Å². The Hall–Kier alpha value is -2.76. The normalized spacial score (nSPS) is 26.9. The fourth-order valence-electron chi connectivity index (χ4n) is 5.35. The standard InChI is InChI=1S/C25H22F3NO.CH4/c26-25(27,28)13-11-23(30)10-12-24(15-18-4-2-1-3-5-18)21(16-23)8-7-20-14-19(17-29)6-9-22(20)24;/h1-6,9,14,21,30H,7-8,10,12,15-16H2;1H4/t21-,23+,24+;/m1./s1. The van der Waals surface area contributed by atoms with Gasteiger partial charge in [0.05, 0.1) is 11.6 Å². The molecule has 0 aromatic heterocycles. The maximum absolute atomic E-state index is 12.6. The van der Waals surface area contributed by atoms with E-state index in [1.54, 1.807) is 0 Å². The summed E-state index contributed by atoms with van der Waals surface area (Å²) < 4.78 is 37.9. The average molecular weight is 425 g/mol. The molecule has 0 bridgehead atoms. The van der Waals surface area contributed by atoms with Gasteiger partial charge < -0.3 is 5.11 Å². The molecule has 1 N–H and O–H groups in total. The summed E-state index contributed by atoms with van der Waals surface area (Å²) in [5, 5.41) is 20.1. The molecule has 0 radical (unpaired) electrons. The van der Waals surface area contributed by atoms with Crippen LogP contribution in [-0.4, -0.2) is 16.9 Å². The molecule has 2 aliphatic carbocycles. The molecule has 1 fully saturated rings. The second-order valence-electron chi connectivity index (χ2n) is 8.52. The van der Waals surface area contributed by atoms with Crippen LogP contribution in [-0.2, 0) is 18.3 Å². The van der Waals surface area contributed by atoms with Crippen LogP contribution in [0.2, 0.25) is 0 Å². The lowest BCUT2D eigenvalue weighted by Gasteiger charge is -2.52. The third kappa shape index (κ3) is 4.63. The van der Waals surface area contributed by atoms with Crippen LogP contribution >= 0.6 is 0 Å². The number of aryl methyl sites for hydroxylation is 1. The van der Waals surface area contributed by atoms with Gasteiger partial charge in [0.1, 0.15) is 5.60 Å². The number of hydrogen-bond donors (Lipinski definition) is 1. The maximum Gasteiger partial charge on any atom is 0.457 e. The number of fused-ring (bicyclic) bond motifs is 3. The van der Waals surface area contributed by atoms with Gasteiger partial charge in [0, 0.05) is 11.3 Å². The van der Waals surface area contributed by atoms with Crippen LogP contribution in [0.5, 0.6) is 0 Å². The molecule has 0 spiro atoms. The van der Waals surface area contributed by atoms with Gasteiger partial charge in [-0.25, -0.2) is 0 Å². The van der Waals surface area contributed by atoms with Gasteiger partial charge in [-0.2, -0.15) is 18.4 Å². The summed E-state index contributed by atoms with van der Waals surface area (Å²) in [4.78, 5) is 0. The van der Waals surface area contributed by atoms with Crippen LogP contribution in [0.4, 0.5) is 13.2 Å². The van der Waals surface area contributed by atoms with E-state index < -0.39 is 11.8 Å². The van der Waals surface area contributed by atoms with E-state index in [-0.39, 0.29) is 31.6 Å². The van der Waals surface area contributed by atoms with Gasteiger partial charge in [0.15, 0.2) is 0 Å². The Bertz CT molecular complexity index is 1040. The van der Waals surface area contributed by atoms with Crippen molar-refractivity contribution in [1.29, 1.82) is 5.26 Å². The summed E-state index contributed by atoms with van der Waals surface area (Å²) in [6.45, 7) is 0. The van der Waals surface area contributed by atoms with Crippen molar-refractivity contribution in [3.8, 4) is 17.9 Å². The summed E-state index contributed by atoms with van der Waals surface area (Å²) in [7, 11) is 0. The summed E-state index contributed by atoms with van der Waals surface area (Å²) in [6, 6.07) is 18.0. The van der Waals surface area contributed by atoms with Gasteiger partial charge >= 0.3 is 6.18 Å². The number of aliphatic hydroxyl groups is 1. The zero-order valence-corrected chi connectivity index (χ0v) is 16.5. The van der Waals surface area contributed by atoms with E-state index in [0.29, 0.717) is 12.0 Å². The second kappa shape index (κ2) is 8.40. The van der Waals surface area contributed by atoms with Crippen LogP contribution < -0.4 is 0 Å². The molecular formula is C26H26F3NO. The summed E-state index contributed by atoms with van der Waals surface area (Å²) in [5.41, 5.74) is 2.16. The Kier molecular flexibility index (Phi) is 6.21. The third-order valence-electron chi connectivity index (χ3n) is 6.68. The molecule has 4 rings (SSSR count). The lowest BCUT2D eigenvalue weighted by atomic mass is 9.52. The lowest BCUT2D eigenvalue weighted by Crippen LogP contribution is -2.51. The van der Waals surface area contributed by atoms with Gasteiger partial charge in [-0.15, -0.1) is 0 Å². The average Bonchev–Trinajstić information content (AvgIpc) is 2.73. The van der Waals surface area contributed by atoms with E-state index in [2.05, 4.69) is 24.1 Å². The SMILES string of the molecule is C.N#Cc1ccc2c(c1)CC[C@@H]1C[C@@](O)(C#CC(F)(F)F)CC[C@@]21Cc1ccccc1. The van der Waals surface area contributed by atoms with Gasteiger partial charge in [0.2, 0.25) is 0 Å². The van der Waals surface area contributed by atoms with Crippen LogP contribution in [0, 0.1) is 29.1 Å². The van der Waals surface area contributed by atoms with E-state index in [1.165, 1.54) is 5.92 Å². The minimum Gasteiger partial charge on any atom is -0.378 e. The highest BCUT2D eigenvalue weighted by Crippen LogP contribution is 2.54. The van der Waals surface area contributed by atoms with Crippen molar-refractivity contribution in [2.75, 3.05) is 0 Å². The number of alkyl halides is 3. The van der Waals surface area contributed by atoms with Gasteiger partial charge in [0.25, 0.3) is 0 Å². The molecule has 0 unspecified atom stereocenters. The maximum atomic E-state index is 12.6. The smallest absolute Gasteiger partial charge is 0.378 e. The van der Waals surface area contributed by atoms with E-state index in [4.69, 9.17) is 0 Å². The largest absolute Gasteiger partial charge is 0.457 e. The fourth-order valence-corrected chi connectivity index (χ4v) is 5.35. The third-order valence-corrected chi connectivity index (χ3v) is 6.68. The Balaban J connectivity index is 0.00000272. The Labute approximate surface area is 181 Å². The van der Waals surface area contributed by atoms with E-state index in [1.807, 2.05) is 36.4 Å². The Morgan fingerprint density at radius 1 is 1.10 bits per heavy atom. The molecule has 31 heavy (non-hydrogen) atoms. The quantitative estimate of drug-likeness (QED) is 0.626. The van der Waals surface area contributed by atoms with Crippen molar-refractivity contribution >= 4 is 0 Å². The molecule has 162 valence electrons. The molecule has 2 nitrogen and oxygen atoms in total. The van der Waals surface area contributed by atoms with Crippen LogP contribution in [0.1, 0.15) is 55.4 Å². The first-order valence-corrected chi connectivity index (χ1v) is 10.1.